The van der Waals surface area contributed by atoms with Crippen LogP contribution in [0.1, 0.15) is 28.8 Å². The van der Waals surface area contributed by atoms with E-state index < -0.39 is 6.10 Å². The first-order valence-electron chi connectivity index (χ1n) is 5.06. The molecule has 0 saturated carbocycles. The highest BCUT2D eigenvalue weighted by Crippen LogP contribution is 2.09. The number of carbonyl (C=O) groups is 1. The second-order valence-corrected chi connectivity index (χ2v) is 3.54. The molecule has 1 aromatic rings. The van der Waals surface area contributed by atoms with Crippen LogP contribution in [-0.2, 0) is 0 Å². The Balaban J connectivity index is 2.48. The zero-order valence-corrected chi connectivity index (χ0v) is 8.66. The van der Waals surface area contributed by atoms with Crippen molar-refractivity contribution in [2.24, 2.45) is 0 Å². The summed E-state index contributed by atoms with van der Waals surface area (Å²) in [7, 11) is 0. The van der Waals surface area contributed by atoms with E-state index in [1.165, 1.54) is 0 Å². The van der Waals surface area contributed by atoms with Gasteiger partial charge < -0.3 is 5.11 Å². The number of aliphatic hydroxyl groups excluding tert-OH is 1. The Morgan fingerprint density at radius 1 is 1.12 bits per heavy atom. The lowest BCUT2D eigenvalue weighted by atomic mass is 10.0. The average molecular weight is 210 g/mol. The SMILES string of the molecule is O=C1C#CCC(O)CC#Cc2ccccc21. The van der Waals surface area contributed by atoms with Gasteiger partial charge in [0.2, 0.25) is 5.78 Å². The molecule has 0 fully saturated rings. The molecule has 16 heavy (non-hydrogen) atoms. The van der Waals surface area contributed by atoms with E-state index in [0.29, 0.717) is 24.0 Å². The first-order chi connectivity index (χ1) is 7.77. The Kier molecular flexibility index (Phi) is 3.05. The van der Waals surface area contributed by atoms with E-state index in [4.69, 9.17) is 0 Å². The van der Waals surface area contributed by atoms with Crippen molar-refractivity contribution in [1.29, 1.82) is 0 Å². The van der Waals surface area contributed by atoms with Crippen molar-refractivity contribution < 1.29 is 9.90 Å². The number of fused-ring (bicyclic) bond motifs is 1. The van der Waals surface area contributed by atoms with Crippen LogP contribution < -0.4 is 0 Å². The smallest absolute Gasteiger partial charge is 0.237 e. The molecule has 1 aliphatic carbocycles. The fraction of sp³-hybridized carbons (Fsp3) is 0.214. The van der Waals surface area contributed by atoms with Crippen LogP contribution in [0.4, 0.5) is 0 Å². The molecular weight excluding hydrogens is 200 g/mol. The second kappa shape index (κ2) is 4.66. The monoisotopic (exact) mass is 210 g/mol. The van der Waals surface area contributed by atoms with Crippen molar-refractivity contribution in [2.45, 2.75) is 18.9 Å². The van der Waals surface area contributed by atoms with Gasteiger partial charge >= 0.3 is 0 Å². The van der Waals surface area contributed by atoms with Crippen LogP contribution in [0.5, 0.6) is 0 Å². The van der Waals surface area contributed by atoms with Crippen molar-refractivity contribution in [3.63, 3.8) is 0 Å². The number of aliphatic hydroxyl groups is 1. The predicted molar refractivity (Wildman–Crippen MR) is 60.7 cm³/mol. The van der Waals surface area contributed by atoms with Gasteiger partial charge in [0, 0.05) is 24.0 Å². The zero-order chi connectivity index (χ0) is 11.4. The van der Waals surface area contributed by atoms with Gasteiger partial charge in [0.1, 0.15) is 0 Å². The third kappa shape index (κ3) is 2.31. The van der Waals surface area contributed by atoms with Crippen molar-refractivity contribution in [1.82, 2.24) is 0 Å². The minimum Gasteiger partial charge on any atom is -0.391 e. The quantitative estimate of drug-likeness (QED) is 0.519. The standard InChI is InChI=1S/C14H10O2/c15-12-7-3-6-11-5-1-2-9-13(11)14(16)10-4-8-12/h1-2,5,9,12,15H,7-8H2. The lowest BCUT2D eigenvalue weighted by Crippen LogP contribution is -2.05. The number of carbonyl (C=O) groups excluding carboxylic acids is 1. The summed E-state index contributed by atoms with van der Waals surface area (Å²) in [5.74, 6) is 10.7. The summed E-state index contributed by atoms with van der Waals surface area (Å²) in [4.78, 5) is 11.7. The summed E-state index contributed by atoms with van der Waals surface area (Å²) < 4.78 is 0. The molecule has 2 rings (SSSR count). The Morgan fingerprint density at radius 2 is 1.81 bits per heavy atom. The Morgan fingerprint density at radius 3 is 2.62 bits per heavy atom. The molecule has 78 valence electrons. The fourth-order valence-corrected chi connectivity index (χ4v) is 1.44. The summed E-state index contributed by atoms with van der Waals surface area (Å²) >= 11 is 0. The van der Waals surface area contributed by atoms with Gasteiger partial charge in [-0.25, -0.2) is 0 Å². The minimum absolute atomic E-state index is 0.237. The molecule has 0 aromatic heterocycles. The minimum atomic E-state index is -0.571. The summed E-state index contributed by atoms with van der Waals surface area (Å²) in [5.41, 5.74) is 1.22. The van der Waals surface area contributed by atoms with Gasteiger partial charge in [-0.2, -0.15) is 0 Å². The number of rotatable bonds is 0. The Hall–Kier alpha value is -2.03. The molecule has 2 nitrogen and oxygen atoms in total. The third-order valence-corrected chi connectivity index (χ3v) is 2.27. The Bertz CT molecular complexity index is 535. The number of hydrogen-bond acceptors (Lipinski definition) is 2. The van der Waals surface area contributed by atoms with E-state index in [-0.39, 0.29) is 5.78 Å². The van der Waals surface area contributed by atoms with Gasteiger partial charge in [0.15, 0.2) is 0 Å². The molecule has 0 bridgehead atoms. The second-order valence-electron chi connectivity index (χ2n) is 3.54. The van der Waals surface area contributed by atoms with Gasteiger partial charge in [-0.05, 0) is 18.1 Å². The largest absolute Gasteiger partial charge is 0.391 e. The molecular formula is C14H10O2. The number of benzene rings is 1. The summed E-state index contributed by atoms with van der Waals surface area (Å²) in [6, 6.07) is 7.13. The van der Waals surface area contributed by atoms with Gasteiger partial charge in [-0.15, -0.1) is 0 Å². The molecule has 1 aromatic carbocycles. The molecule has 0 spiro atoms. The number of Topliss-reactive ketones (excluding diaryl/α,β-unsaturated/α-hetero) is 1. The molecule has 1 unspecified atom stereocenters. The van der Waals surface area contributed by atoms with E-state index in [2.05, 4.69) is 23.7 Å². The van der Waals surface area contributed by atoms with Crippen molar-refractivity contribution >= 4 is 5.78 Å². The molecule has 0 saturated heterocycles. The highest BCUT2D eigenvalue weighted by Gasteiger charge is 2.08. The van der Waals surface area contributed by atoms with E-state index in [1.54, 1.807) is 18.2 Å². The fourth-order valence-electron chi connectivity index (χ4n) is 1.44. The molecule has 1 aliphatic rings. The lowest BCUT2D eigenvalue weighted by Gasteiger charge is -2.02. The van der Waals surface area contributed by atoms with Crippen molar-refractivity contribution in [2.75, 3.05) is 0 Å². The van der Waals surface area contributed by atoms with Gasteiger partial charge in [0.25, 0.3) is 0 Å². The lowest BCUT2D eigenvalue weighted by molar-refractivity contribution is 0.105. The van der Waals surface area contributed by atoms with Gasteiger partial charge in [0.05, 0.1) is 6.10 Å². The summed E-state index contributed by atoms with van der Waals surface area (Å²) in [6.45, 7) is 0. The van der Waals surface area contributed by atoms with Crippen LogP contribution >= 0.6 is 0 Å². The molecule has 0 heterocycles. The maximum Gasteiger partial charge on any atom is 0.237 e. The summed E-state index contributed by atoms with van der Waals surface area (Å²) in [6.07, 6.45) is 0.109. The molecule has 2 heteroatoms. The van der Waals surface area contributed by atoms with Gasteiger partial charge in [-0.3, -0.25) is 4.79 Å². The highest BCUT2D eigenvalue weighted by molar-refractivity contribution is 6.10. The predicted octanol–water partition coefficient (Wildman–Crippen LogP) is 1.38. The molecule has 0 amide bonds. The maximum absolute atomic E-state index is 11.7. The van der Waals surface area contributed by atoms with E-state index in [9.17, 15) is 9.90 Å². The molecule has 1 atom stereocenters. The zero-order valence-electron chi connectivity index (χ0n) is 8.66. The van der Waals surface area contributed by atoms with Crippen LogP contribution in [0, 0.1) is 23.7 Å². The van der Waals surface area contributed by atoms with E-state index in [0.717, 1.165) is 0 Å². The van der Waals surface area contributed by atoms with Crippen LogP contribution in [0.2, 0.25) is 0 Å². The van der Waals surface area contributed by atoms with Gasteiger partial charge in [-0.1, -0.05) is 29.9 Å². The van der Waals surface area contributed by atoms with E-state index >= 15 is 0 Å². The Labute approximate surface area is 94.3 Å². The highest BCUT2D eigenvalue weighted by atomic mass is 16.3. The summed E-state index contributed by atoms with van der Waals surface area (Å²) in [5, 5.41) is 9.45. The van der Waals surface area contributed by atoms with Crippen LogP contribution in [0.25, 0.3) is 0 Å². The molecule has 1 N–H and O–H groups in total. The normalized spacial score (nSPS) is 18.6. The average Bonchev–Trinajstić information content (AvgIpc) is 2.29. The topological polar surface area (TPSA) is 37.3 Å². The third-order valence-electron chi connectivity index (χ3n) is 2.27. The van der Waals surface area contributed by atoms with Crippen LogP contribution in [-0.4, -0.2) is 17.0 Å². The van der Waals surface area contributed by atoms with Crippen molar-refractivity contribution in [3.05, 3.63) is 35.4 Å². The van der Waals surface area contributed by atoms with Crippen molar-refractivity contribution in [3.8, 4) is 23.7 Å². The van der Waals surface area contributed by atoms with Crippen LogP contribution in [0.3, 0.4) is 0 Å². The molecule has 0 radical (unpaired) electrons. The number of hydrogen-bond donors (Lipinski definition) is 1. The number of ketones is 1. The van der Waals surface area contributed by atoms with E-state index in [1.807, 2.05) is 6.07 Å². The molecule has 0 aliphatic heterocycles. The first-order valence-corrected chi connectivity index (χ1v) is 5.06. The first kappa shape index (κ1) is 10.5. The maximum atomic E-state index is 11.7. The van der Waals surface area contributed by atoms with Crippen LogP contribution in [0.15, 0.2) is 24.3 Å².